The van der Waals surface area contributed by atoms with Crippen molar-refractivity contribution in [1.29, 1.82) is 0 Å². The number of aliphatic hydroxyl groups excluding tert-OH is 3. The van der Waals surface area contributed by atoms with Gasteiger partial charge in [-0.25, -0.2) is 0 Å². The highest BCUT2D eigenvalue weighted by atomic mass is 16.7. The fraction of sp³-hybridized carbons (Fsp3) is 0.500. The summed E-state index contributed by atoms with van der Waals surface area (Å²) in [6.45, 7) is -0.541. The Balaban J connectivity index is 1.64. The number of aliphatic hydroxyl groups is 5. The number of amides is 3. The molecule has 1 aromatic carbocycles. The van der Waals surface area contributed by atoms with E-state index >= 15 is 0 Å². The maximum absolute atomic E-state index is 12.6. The number of ether oxygens (including phenoxy) is 1. The maximum Gasteiger partial charge on any atom is 0.253 e. The average molecular weight is 464 g/mol. The minimum Gasteiger partial charge on any atom is -0.394 e. The predicted molar refractivity (Wildman–Crippen MR) is 112 cm³/mol. The molecule has 3 rings (SSSR count). The summed E-state index contributed by atoms with van der Waals surface area (Å²) in [5.74, 6) is -4.17. The van der Waals surface area contributed by atoms with Gasteiger partial charge in [-0.3, -0.25) is 19.3 Å². The summed E-state index contributed by atoms with van der Waals surface area (Å²) in [6, 6.07) is 7.50. The standard InChI is InChI=1S/C22H28N2O9/c25-13-15-19(29)20(30)21(31,22(32,33-15)14-7-3-1-4-8-14)23-16(26)9-5-2-6-12-24-17(27)10-11-18(24)28/h1,3-4,7-8,10-11,15,19-20,25,29-32H,2,5-6,9,12-13H2,(H,23,26)/t15-,19-,20+,21-,22-/m1/s1. The minimum absolute atomic E-state index is 0.00856. The van der Waals surface area contributed by atoms with Crippen molar-refractivity contribution in [3.8, 4) is 0 Å². The van der Waals surface area contributed by atoms with Crippen LogP contribution < -0.4 is 5.32 Å². The summed E-state index contributed by atoms with van der Waals surface area (Å²) >= 11 is 0. The van der Waals surface area contributed by atoms with Crippen LogP contribution in [0.25, 0.3) is 0 Å². The third-order valence-corrected chi connectivity index (χ3v) is 5.83. The minimum atomic E-state index is -2.82. The number of hydrogen-bond acceptors (Lipinski definition) is 9. The summed E-state index contributed by atoms with van der Waals surface area (Å²) in [4.78, 5) is 36.7. The van der Waals surface area contributed by atoms with Crippen molar-refractivity contribution < 1.29 is 44.7 Å². The molecule has 2 aliphatic rings. The van der Waals surface area contributed by atoms with Gasteiger partial charge in [0.1, 0.15) is 18.3 Å². The second-order valence-electron chi connectivity index (χ2n) is 8.07. The van der Waals surface area contributed by atoms with E-state index in [9.17, 15) is 39.9 Å². The second-order valence-corrected chi connectivity index (χ2v) is 8.07. The van der Waals surface area contributed by atoms with E-state index in [-0.39, 0.29) is 30.3 Å². The molecule has 1 fully saturated rings. The molecule has 33 heavy (non-hydrogen) atoms. The fourth-order valence-electron chi connectivity index (χ4n) is 3.94. The highest BCUT2D eigenvalue weighted by Gasteiger charge is 2.65. The van der Waals surface area contributed by atoms with Crippen molar-refractivity contribution in [2.45, 2.75) is 55.5 Å². The lowest BCUT2D eigenvalue weighted by molar-refractivity contribution is -0.404. The molecule has 3 amide bonds. The third-order valence-electron chi connectivity index (χ3n) is 5.83. The molecular weight excluding hydrogens is 436 g/mol. The zero-order valence-corrected chi connectivity index (χ0v) is 17.8. The van der Waals surface area contributed by atoms with Crippen molar-refractivity contribution >= 4 is 17.7 Å². The van der Waals surface area contributed by atoms with Gasteiger partial charge in [0.05, 0.1) is 6.61 Å². The molecule has 11 heteroatoms. The Labute approximate surface area is 189 Å². The number of nitrogens with zero attached hydrogens (tertiary/aromatic N) is 1. The second kappa shape index (κ2) is 10.1. The Morgan fingerprint density at radius 1 is 1.03 bits per heavy atom. The van der Waals surface area contributed by atoms with Crippen LogP contribution >= 0.6 is 0 Å². The number of rotatable bonds is 9. The molecule has 2 aliphatic heterocycles. The molecule has 2 heterocycles. The van der Waals surface area contributed by atoms with Crippen molar-refractivity contribution in [2.75, 3.05) is 13.2 Å². The lowest BCUT2D eigenvalue weighted by Gasteiger charge is -2.52. The topological polar surface area (TPSA) is 177 Å². The normalized spacial score (nSPS) is 31.8. The zero-order chi connectivity index (χ0) is 24.2. The number of carbonyl (C=O) groups excluding carboxylic acids is 3. The molecule has 0 spiro atoms. The van der Waals surface area contributed by atoms with Gasteiger partial charge in [-0.15, -0.1) is 0 Å². The Morgan fingerprint density at radius 2 is 1.67 bits per heavy atom. The van der Waals surface area contributed by atoms with Gasteiger partial charge in [0, 0.05) is 30.7 Å². The van der Waals surface area contributed by atoms with E-state index in [1.54, 1.807) is 6.07 Å². The third kappa shape index (κ3) is 4.83. The first-order valence-electron chi connectivity index (χ1n) is 10.6. The molecule has 1 saturated heterocycles. The predicted octanol–water partition coefficient (Wildman–Crippen LogP) is -1.77. The number of nitrogens with one attached hydrogen (secondary N) is 1. The first-order chi connectivity index (χ1) is 15.6. The lowest BCUT2D eigenvalue weighted by Crippen LogP contribution is -2.77. The molecule has 0 bridgehead atoms. The molecule has 6 N–H and O–H groups in total. The largest absolute Gasteiger partial charge is 0.394 e. The molecule has 1 aromatic rings. The van der Waals surface area contributed by atoms with Gasteiger partial charge < -0.3 is 35.6 Å². The van der Waals surface area contributed by atoms with Crippen molar-refractivity contribution in [1.82, 2.24) is 10.2 Å². The molecule has 0 aromatic heterocycles. The van der Waals surface area contributed by atoms with Crippen LogP contribution in [0, 0.1) is 0 Å². The van der Waals surface area contributed by atoms with E-state index in [1.807, 2.05) is 0 Å². The van der Waals surface area contributed by atoms with Gasteiger partial charge in [0.25, 0.3) is 11.8 Å². The number of carbonyl (C=O) groups is 3. The van der Waals surface area contributed by atoms with E-state index in [1.165, 1.54) is 36.4 Å². The Morgan fingerprint density at radius 3 is 2.27 bits per heavy atom. The first-order valence-corrected chi connectivity index (χ1v) is 10.6. The van der Waals surface area contributed by atoms with E-state index < -0.39 is 42.3 Å². The molecule has 0 aliphatic carbocycles. The van der Waals surface area contributed by atoms with Crippen LogP contribution in [0.2, 0.25) is 0 Å². The number of imide groups is 1. The number of benzene rings is 1. The molecule has 5 atom stereocenters. The molecule has 11 nitrogen and oxygen atoms in total. The van der Waals surface area contributed by atoms with Crippen molar-refractivity contribution in [3.63, 3.8) is 0 Å². The van der Waals surface area contributed by atoms with Crippen LogP contribution in [0.5, 0.6) is 0 Å². The molecule has 0 unspecified atom stereocenters. The van der Waals surface area contributed by atoms with Gasteiger partial charge in [0.2, 0.25) is 17.4 Å². The van der Waals surface area contributed by atoms with Gasteiger partial charge in [0.15, 0.2) is 0 Å². The van der Waals surface area contributed by atoms with E-state index in [2.05, 4.69) is 5.32 Å². The smallest absolute Gasteiger partial charge is 0.253 e. The van der Waals surface area contributed by atoms with Crippen molar-refractivity contribution in [3.05, 3.63) is 48.0 Å². The van der Waals surface area contributed by atoms with Crippen LogP contribution in [0.3, 0.4) is 0 Å². The van der Waals surface area contributed by atoms with Crippen LogP contribution in [0.1, 0.15) is 31.2 Å². The van der Waals surface area contributed by atoms with Gasteiger partial charge in [-0.05, 0) is 12.8 Å². The lowest BCUT2D eigenvalue weighted by atomic mass is 9.82. The monoisotopic (exact) mass is 464 g/mol. The van der Waals surface area contributed by atoms with E-state index in [4.69, 9.17) is 4.74 Å². The Hall–Kier alpha value is -2.67. The summed E-state index contributed by atoms with van der Waals surface area (Å²) in [7, 11) is 0. The number of hydrogen-bond donors (Lipinski definition) is 6. The van der Waals surface area contributed by atoms with Crippen molar-refractivity contribution in [2.24, 2.45) is 0 Å². The highest BCUT2D eigenvalue weighted by molar-refractivity contribution is 6.12. The van der Waals surface area contributed by atoms with Gasteiger partial charge in [-0.2, -0.15) is 0 Å². The first kappa shape index (κ1) is 25.0. The van der Waals surface area contributed by atoms with Gasteiger partial charge in [-0.1, -0.05) is 36.8 Å². The average Bonchev–Trinajstić information content (AvgIpc) is 3.12. The Kier molecular flexibility index (Phi) is 7.62. The summed E-state index contributed by atoms with van der Waals surface area (Å²) in [6.07, 6.45) is -1.75. The molecular formula is C22H28N2O9. The maximum atomic E-state index is 12.6. The highest BCUT2D eigenvalue weighted by Crippen LogP contribution is 2.42. The fourth-order valence-corrected chi connectivity index (χ4v) is 3.94. The zero-order valence-electron chi connectivity index (χ0n) is 17.8. The molecule has 0 radical (unpaired) electrons. The van der Waals surface area contributed by atoms with Crippen LogP contribution in [-0.2, 0) is 24.9 Å². The van der Waals surface area contributed by atoms with Crippen LogP contribution in [0.4, 0.5) is 0 Å². The van der Waals surface area contributed by atoms with Crippen LogP contribution in [0.15, 0.2) is 42.5 Å². The van der Waals surface area contributed by atoms with Gasteiger partial charge >= 0.3 is 0 Å². The summed E-state index contributed by atoms with van der Waals surface area (Å²) in [5.41, 5.74) is -2.83. The van der Waals surface area contributed by atoms with E-state index in [0.29, 0.717) is 19.3 Å². The molecule has 180 valence electrons. The van der Waals surface area contributed by atoms with Crippen LogP contribution in [-0.4, -0.2) is 85.3 Å². The summed E-state index contributed by atoms with van der Waals surface area (Å²) in [5, 5.41) is 54.9. The van der Waals surface area contributed by atoms with E-state index in [0.717, 1.165) is 4.90 Å². The Bertz CT molecular complexity index is 890. The number of unbranched alkanes of at least 4 members (excludes halogenated alkanes) is 2. The SMILES string of the molecule is O=C(CCCCCN1C(=O)C=CC1=O)N[C@@]1(O)[C@@H](O)[C@H](O)[C@@H](CO)O[C@]1(O)c1ccccc1. The molecule has 0 saturated carbocycles. The summed E-state index contributed by atoms with van der Waals surface area (Å²) < 4.78 is 5.38. The quantitative estimate of drug-likeness (QED) is 0.140.